The van der Waals surface area contributed by atoms with Crippen molar-refractivity contribution in [3.63, 3.8) is 0 Å². The van der Waals surface area contributed by atoms with Crippen LogP contribution in [0.5, 0.6) is 0 Å². The summed E-state index contributed by atoms with van der Waals surface area (Å²) >= 11 is 0. The van der Waals surface area contributed by atoms with Gasteiger partial charge < -0.3 is 15.2 Å². The minimum absolute atomic E-state index is 0.118. The molecule has 1 unspecified atom stereocenters. The van der Waals surface area contributed by atoms with Gasteiger partial charge in [0.05, 0.1) is 12.7 Å². The summed E-state index contributed by atoms with van der Waals surface area (Å²) in [5.74, 6) is 0. The lowest BCUT2D eigenvalue weighted by atomic mass is 9.82. The molecule has 1 fully saturated rings. The second-order valence-corrected chi connectivity index (χ2v) is 5.49. The van der Waals surface area contributed by atoms with Crippen LogP contribution < -0.4 is 5.73 Å². The van der Waals surface area contributed by atoms with E-state index in [-0.39, 0.29) is 11.6 Å². The van der Waals surface area contributed by atoms with Gasteiger partial charge in [0.1, 0.15) is 0 Å². The third-order valence-corrected chi connectivity index (χ3v) is 4.17. The maximum Gasteiger partial charge on any atom is 0.0845 e. The summed E-state index contributed by atoms with van der Waals surface area (Å²) in [6.07, 6.45) is 3.98. The average Bonchev–Trinajstić information content (AvgIpc) is 2.40. The molecule has 3 heteroatoms. The Morgan fingerprint density at radius 3 is 2.78 bits per heavy atom. The van der Waals surface area contributed by atoms with Gasteiger partial charge in [-0.15, -0.1) is 0 Å². The highest BCUT2D eigenvalue weighted by Crippen LogP contribution is 2.35. The van der Waals surface area contributed by atoms with E-state index < -0.39 is 0 Å². The van der Waals surface area contributed by atoms with E-state index in [4.69, 9.17) is 15.2 Å². The molecular weight excluding hydrogens is 226 g/mol. The van der Waals surface area contributed by atoms with E-state index in [1.807, 2.05) is 0 Å². The van der Waals surface area contributed by atoms with Crippen molar-refractivity contribution in [3.05, 3.63) is 35.4 Å². The van der Waals surface area contributed by atoms with Crippen molar-refractivity contribution in [1.82, 2.24) is 0 Å². The van der Waals surface area contributed by atoms with Gasteiger partial charge >= 0.3 is 0 Å². The van der Waals surface area contributed by atoms with Crippen LogP contribution in [0.25, 0.3) is 0 Å². The molecule has 2 N–H and O–H groups in total. The zero-order valence-corrected chi connectivity index (χ0v) is 10.7. The van der Waals surface area contributed by atoms with Crippen LogP contribution in [0.4, 0.5) is 0 Å². The minimum atomic E-state index is -0.118. The number of rotatable bonds is 2. The fourth-order valence-corrected chi connectivity index (χ4v) is 3.00. The van der Waals surface area contributed by atoms with Crippen LogP contribution in [-0.4, -0.2) is 25.4 Å². The predicted molar refractivity (Wildman–Crippen MR) is 70.4 cm³/mol. The molecule has 2 aliphatic rings. The Kier molecular flexibility index (Phi) is 3.37. The van der Waals surface area contributed by atoms with Crippen molar-refractivity contribution in [2.24, 2.45) is 5.73 Å². The lowest BCUT2D eigenvalue weighted by molar-refractivity contribution is -0.00852. The summed E-state index contributed by atoms with van der Waals surface area (Å²) in [5, 5.41) is 0. The van der Waals surface area contributed by atoms with Gasteiger partial charge in [0, 0.05) is 18.8 Å². The fraction of sp³-hybridized carbons (Fsp3) is 0.600. The Bertz CT molecular complexity index is 413. The average molecular weight is 247 g/mol. The van der Waals surface area contributed by atoms with Crippen LogP contribution in [0.1, 0.15) is 36.5 Å². The highest BCUT2D eigenvalue weighted by atomic mass is 16.5. The molecule has 1 aromatic rings. The zero-order chi connectivity index (χ0) is 12.4. The van der Waals surface area contributed by atoms with E-state index in [0.29, 0.717) is 0 Å². The van der Waals surface area contributed by atoms with Crippen molar-refractivity contribution >= 4 is 0 Å². The standard InChI is InChI=1S/C15H21NO2/c16-15(6-9-17-10-7-15)11-14-13-4-2-1-3-12(13)5-8-18-14/h1-4,14H,5-11,16H2. The molecule has 0 bridgehead atoms. The maximum absolute atomic E-state index is 6.49. The highest BCUT2D eigenvalue weighted by molar-refractivity contribution is 5.31. The summed E-state index contributed by atoms with van der Waals surface area (Å²) < 4.78 is 11.4. The smallest absolute Gasteiger partial charge is 0.0845 e. The van der Waals surface area contributed by atoms with Crippen molar-refractivity contribution < 1.29 is 9.47 Å². The second kappa shape index (κ2) is 5.00. The Morgan fingerprint density at radius 1 is 1.17 bits per heavy atom. The molecule has 18 heavy (non-hydrogen) atoms. The number of fused-ring (bicyclic) bond motifs is 1. The first-order valence-corrected chi connectivity index (χ1v) is 6.83. The zero-order valence-electron chi connectivity index (χ0n) is 10.7. The first-order chi connectivity index (χ1) is 8.77. The number of hydrogen-bond acceptors (Lipinski definition) is 3. The maximum atomic E-state index is 6.49. The molecule has 0 spiro atoms. The van der Waals surface area contributed by atoms with Crippen LogP contribution in [-0.2, 0) is 15.9 Å². The number of nitrogens with two attached hydrogens (primary N) is 1. The van der Waals surface area contributed by atoms with Crippen LogP contribution in [0.3, 0.4) is 0 Å². The Labute approximate surface area is 108 Å². The molecule has 1 aromatic carbocycles. The molecule has 0 aromatic heterocycles. The lowest BCUT2D eigenvalue weighted by Crippen LogP contribution is -2.46. The van der Waals surface area contributed by atoms with Gasteiger partial charge in [-0.1, -0.05) is 24.3 Å². The van der Waals surface area contributed by atoms with E-state index in [2.05, 4.69) is 24.3 Å². The number of benzene rings is 1. The van der Waals surface area contributed by atoms with Crippen molar-refractivity contribution in [2.45, 2.75) is 37.3 Å². The van der Waals surface area contributed by atoms with Gasteiger partial charge in [0.2, 0.25) is 0 Å². The molecule has 0 radical (unpaired) electrons. The lowest BCUT2D eigenvalue weighted by Gasteiger charge is -2.38. The molecule has 0 saturated carbocycles. The van der Waals surface area contributed by atoms with Crippen molar-refractivity contribution in [2.75, 3.05) is 19.8 Å². The SMILES string of the molecule is NC1(CC2OCCc3ccccc32)CCOCC1. The number of ether oxygens (including phenoxy) is 2. The van der Waals surface area contributed by atoms with Crippen molar-refractivity contribution in [1.29, 1.82) is 0 Å². The summed E-state index contributed by atoms with van der Waals surface area (Å²) in [5.41, 5.74) is 9.12. The molecule has 98 valence electrons. The summed E-state index contributed by atoms with van der Waals surface area (Å²) in [6.45, 7) is 2.38. The van der Waals surface area contributed by atoms with E-state index in [0.717, 1.165) is 45.5 Å². The van der Waals surface area contributed by atoms with E-state index in [1.165, 1.54) is 11.1 Å². The molecule has 2 aliphatic heterocycles. The first-order valence-electron chi connectivity index (χ1n) is 6.83. The van der Waals surface area contributed by atoms with E-state index in [1.54, 1.807) is 0 Å². The number of hydrogen-bond donors (Lipinski definition) is 1. The normalized spacial score (nSPS) is 26.6. The molecule has 2 heterocycles. The van der Waals surface area contributed by atoms with Crippen LogP contribution >= 0.6 is 0 Å². The van der Waals surface area contributed by atoms with Gasteiger partial charge in [-0.25, -0.2) is 0 Å². The third-order valence-electron chi connectivity index (χ3n) is 4.17. The Hall–Kier alpha value is -0.900. The molecule has 0 aliphatic carbocycles. The third kappa shape index (κ3) is 2.44. The van der Waals surface area contributed by atoms with Gasteiger partial charge in [-0.05, 0) is 36.8 Å². The Balaban J connectivity index is 1.77. The van der Waals surface area contributed by atoms with E-state index >= 15 is 0 Å². The van der Waals surface area contributed by atoms with Gasteiger partial charge in [0.25, 0.3) is 0 Å². The summed E-state index contributed by atoms with van der Waals surface area (Å²) in [7, 11) is 0. The predicted octanol–water partition coefficient (Wildman–Crippen LogP) is 2.20. The molecule has 0 amide bonds. The van der Waals surface area contributed by atoms with Crippen LogP contribution in [0.2, 0.25) is 0 Å². The fourth-order valence-electron chi connectivity index (χ4n) is 3.00. The molecule has 1 atom stereocenters. The second-order valence-electron chi connectivity index (χ2n) is 5.49. The summed E-state index contributed by atoms with van der Waals surface area (Å²) in [6, 6.07) is 8.58. The van der Waals surface area contributed by atoms with Crippen LogP contribution in [0.15, 0.2) is 24.3 Å². The largest absolute Gasteiger partial charge is 0.381 e. The summed E-state index contributed by atoms with van der Waals surface area (Å²) in [4.78, 5) is 0. The van der Waals surface area contributed by atoms with Crippen molar-refractivity contribution in [3.8, 4) is 0 Å². The molecule has 3 rings (SSSR count). The molecule has 1 saturated heterocycles. The van der Waals surface area contributed by atoms with Crippen LogP contribution in [0, 0.1) is 0 Å². The topological polar surface area (TPSA) is 44.5 Å². The molecular formula is C15H21NO2. The molecule has 3 nitrogen and oxygen atoms in total. The Morgan fingerprint density at radius 2 is 1.94 bits per heavy atom. The van der Waals surface area contributed by atoms with Gasteiger partial charge in [0.15, 0.2) is 0 Å². The highest BCUT2D eigenvalue weighted by Gasteiger charge is 2.33. The first kappa shape index (κ1) is 12.2. The van der Waals surface area contributed by atoms with Gasteiger partial charge in [-0.3, -0.25) is 0 Å². The minimum Gasteiger partial charge on any atom is -0.381 e. The monoisotopic (exact) mass is 247 g/mol. The van der Waals surface area contributed by atoms with E-state index in [9.17, 15) is 0 Å². The quantitative estimate of drug-likeness (QED) is 0.871. The van der Waals surface area contributed by atoms with Gasteiger partial charge in [-0.2, -0.15) is 0 Å².